The van der Waals surface area contributed by atoms with Crippen molar-refractivity contribution in [3.05, 3.63) is 106 Å². The van der Waals surface area contributed by atoms with Crippen LogP contribution in [0.2, 0.25) is 0 Å². The van der Waals surface area contributed by atoms with E-state index in [4.69, 9.17) is 4.74 Å². The number of methoxy groups -OCH3 is 1. The van der Waals surface area contributed by atoms with Gasteiger partial charge in [-0.25, -0.2) is 8.42 Å². The van der Waals surface area contributed by atoms with Gasteiger partial charge in [0.2, 0.25) is 10.0 Å². The molecule has 0 atom stereocenters. The van der Waals surface area contributed by atoms with Crippen molar-refractivity contribution >= 4 is 21.6 Å². The molecule has 4 aromatic rings. The van der Waals surface area contributed by atoms with Crippen molar-refractivity contribution in [3.63, 3.8) is 0 Å². The Morgan fingerprint density at radius 1 is 0.900 bits per heavy atom. The van der Waals surface area contributed by atoms with Crippen molar-refractivity contribution in [2.24, 2.45) is 0 Å². The van der Waals surface area contributed by atoms with Gasteiger partial charge in [-0.1, -0.05) is 18.2 Å². The number of ether oxygens (including phenoxy) is 1. The predicted octanol–water partition coefficient (Wildman–Crippen LogP) is 4.52. The number of nitro groups is 1. The summed E-state index contributed by atoms with van der Waals surface area (Å²) in [5.74, 6) is 0.561. The summed E-state index contributed by atoms with van der Waals surface area (Å²) >= 11 is 0. The van der Waals surface area contributed by atoms with E-state index in [2.05, 4.69) is 0 Å². The predicted molar refractivity (Wildman–Crippen MR) is 150 cm³/mol. The molecule has 1 aromatic heterocycles. The quantitative estimate of drug-likeness (QED) is 0.243. The average molecular weight is 561 g/mol. The monoisotopic (exact) mass is 560 g/mol. The summed E-state index contributed by atoms with van der Waals surface area (Å²) in [5.41, 5.74) is 3.84. The van der Waals surface area contributed by atoms with Crippen LogP contribution in [0, 0.1) is 17.0 Å². The van der Waals surface area contributed by atoms with E-state index in [9.17, 15) is 23.3 Å². The van der Waals surface area contributed by atoms with Gasteiger partial charge in [0, 0.05) is 49.7 Å². The maximum atomic E-state index is 13.7. The lowest BCUT2D eigenvalue weighted by atomic mass is 10.1. The number of sulfonamides is 1. The summed E-state index contributed by atoms with van der Waals surface area (Å²) in [7, 11) is -2.24. The minimum absolute atomic E-state index is 0.0159. The van der Waals surface area contributed by atoms with Gasteiger partial charge in [0.1, 0.15) is 5.75 Å². The number of non-ortho nitro benzene ring substituents is 1. The van der Waals surface area contributed by atoms with Crippen LogP contribution in [0.15, 0.2) is 89.8 Å². The Labute approximate surface area is 232 Å². The first-order valence-electron chi connectivity index (χ1n) is 12.7. The number of benzene rings is 3. The van der Waals surface area contributed by atoms with Crippen molar-refractivity contribution in [1.29, 1.82) is 0 Å². The van der Waals surface area contributed by atoms with Crippen LogP contribution in [-0.2, 0) is 10.0 Å². The largest absolute Gasteiger partial charge is 0.497 e. The van der Waals surface area contributed by atoms with Crippen LogP contribution in [0.25, 0.3) is 16.9 Å². The van der Waals surface area contributed by atoms with Crippen molar-refractivity contribution in [2.75, 3.05) is 33.3 Å². The molecule has 0 aliphatic carbocycles. The van der Waals surface area contributed by atoms with Crippen molar-refractivity contribution < 1.29 is 22.9 Å². The second kappa shape index (κ2) is 10.9. The molecular weight excluding hydrogens is 532 g/mol. The SMILES string of the molecule is COc1ccc(-c2cc(C(=O)N3CCN(S(=O)(=O)c4ccc([N+](=O)[O-])cc4)CC3)c(C)n2-c2ccccc2)cc1. The third kappa shape index (κ3) is 5.08. The average Bonchev–Trinajstić information content (AvgIpc) is 3.34. The number of para-hydroxylation sites is 1. The van der Waals surface area contributed by atoms with Crippen LogP contribution in [0.3, 0.4) is 0 Å². The van der Waals surface area contributed by atoms with E-state index >= 15 is 0 Å². The lowest BCUT2D eigenvalue weighted by Gasteiger charge is -2.34. The summed E-state index contributed by atoms with van der Waals surface area (Å²) in [6, 6.07) is 24.1. The topological polar surface area (TPSA) is 115 Å². The zero-order chi connectivity index (χ0) is 28.4. The first-order chi connectivity index (χ1) is 19.2. The van der Waals surface area contributed by atoms with Crippen molar-refractivity contribution in [2.45, 2.75) is 11.8 Å². The number of piperazine rings is 1. The van der Waals surface area contributed by atoms with Crippen LogP contribution in [0.4, 0.5) is 5.69 Å². The zero-order valence-corrected chi connectivity index (χ0v) is 22.9. The summed E-state index contributed by atoms with van der Waals surface area (Å²) in [5, 5.41) is 10.9. The molecule has 2 heterocycles. The number of aromatic nitrogens is 1. The number of carbonyl (C=O) groups is 1. The van der Waals surface area contributed by atoms with E-state index in [0.29, 0.717) is 5.56 Å². The molecule has 5 rings (SSSR count). The van der Waals surface area contributed by atoms with Crippen LogP contribution < -0.4 is 4.74 Å². The lowest BCUT2D eigenvalue weighted by molar-refractivity contribution is -0.384. The molecule has 1 aliphatic heterocycles. The molecule has 0 spiro atoms. The summed E-state index contributed by atoms with van der Waals surface area (Å²) in [6.45, 7) is 2.59. The summed E-state index contributed by atoms with van der Waals surface area (Å²) in [6.07, 6.45) is 0. The fourth-order valence-corrected chi connectivity index (χ4v) is 6.32. The van der Waals surface area contributed by atoms with Crippen molar-refractivity contribution in [3.8, 4) is 22.7 Å². The molecule has 40 heavy (non-hydrogen) atoms. The highest BCUT2D eigenvalue weighted by molar-refractivity contribution is 7.89. The standard InChI is InChI=1S/C29H28N4O6S/c1-21-27(20-28(22-8-12-25(39-2)13-9-22)32(21)23-6-4-3-5-7-23)29(34)30-16-18-31(19-17-30)40(37,38)26-14-10-24(11-15-26)33(35)36/h3-15,20H,16-19H2,1-2H3. The molecule has 206 valence electrons. The minimum Gasteiger partial charge on any atom is -0.497 e. The molecule has 11 heteroatoms. The number of rotatable bonds is 7. The van der Waals surface area contributed by atoms with E-state index in [1.165, 1.54) is 28.6 Å². The molecule has 10 nitrogen and oxygen atoms in total. The summed E-state index contributed by atoms with van der Waals surface area (Å²) in [4.78, 5) is 25.7. The van der Waals surface area contributed by atoms with Gasteiger partial charge >= 0.3 is 0 Å². The summed E-state index contributed by atoms with van der Waals surface area (Å²) < 4.78 is 34.9. The first-order valence-corrected chi connectivity index (χ1v) is 14.1. The van der Waals surface area contributed by atoms with E-state index in [1.807, 2.05) is 72.2 Å². The maximum absolute atomic E-state index is 13.7. The molecule has 1 fully saturated rings. The Morgan fingerprint density at radius 2 is 1.52 bits per heavy atom. The van der Waals surface area contributed by atoms with Gasteiger partial charge < -0.3 is 14.2 Å². The smallest absolute Gasteiger partial charge is 0.269 e. The molecule has 0 bridgehead atoms. The number of nitro benzene ring substituents is 1. The Balaban J connectivity index is 1.39. The van der Waals surface area contributed by atoms with Gasteiger partial charge in [-0.3, -0.25) is 14.9 Å². The number of carbonyl (C=O) groups excluding carboxylic acids is 1. The number of nitrogens with zero attached hydrogens (tertiary/aromatic N) is 4. The highest BCUT2D eigenvalue weighted by Crippen LogP contribution is 2.32. The normalized spacial score (nSPS) is 14.2. The first kappa shape index (κ1) is 27.1. The molecule has 0 radical (unpaired) electrons. The minimum atomic E-state index is -3.85. The van der Waals surface area contributed by atoms with Crippen LogP contribution in [0.5, 0.6) is 5.75 Å². The second-order valence-corrected chi connectivity index (χ2v) is 11.3. The van der Waals surface area contributed by atoms with Crippen molar-refractivity contribution in [1.82, 2.24) is 13.8 Å². The molecule has 0 saturated carbocycles. The fourth-order valence-electron chi connectivity index (χ4n) is 4.90. The zero-order valence-electron chi connectivity index (χ0n) is 22.1. The maximum Gasteiger partial charge on any atom is 0.269 e. The van der Waals surface area contributed by atoms with Crippen LogP contribution in [0.1, 0.15) is 16.1 Å². The van der Waals surface area contributed by atoms with Gasteiger partial charge in [0.05, 0.1) is 28.2 Å². The Kier molecular flexibility index (Phi) is 7.42. The number of hydrogen-bond donors (Lipinski definition) is 0. The molecular formula is C29H28N4O6S. The van der Waals surface area contributed by atoms with Gasteiger partial charge in [0.25, 0.3) is 11.6 Å². The molecule has 1 saturated heterocycles. The third-order valence-corrected chi connectivity index (χ3v) is 9.00. The molecule has 0 unspecified atom stereocenters. The lowest BCUT2D eigenvalue weighted by Crippen LogP contribution is -2.50. The number of amides is 1. The van der Waals surface area contributed by atoms with Crippen LogP contribution >= 0.6 is 0 Å². The molecule has 3 aromatic carbocycles. The van der Waals surface area contributed by atoms with Gasteiger partial charge in [0.15, 0.2) is 0 Å². The fraction of sp³-hybridized carbons (Fsp3) is 0.207. The van der Waals surface area contributed by atoms with Gasteiger partial charge in [-0.15, -0.1) is 0 Å². The third-order valence-electron chi connectivity index (χ3n) is 7.09. The Bertz CT molecular complexity index is 1640. The van der Waals surface area contributed by atoms with Gasteiger partial charge in [-0.2, -0.15) is 4.31 Å². The van der Waals surface area contributed by atoms with Crippen LogP contribution in [-0.4, -0.2) is 66.3 Å². The van der Waals surface area contributed by atoms with E-state index < -0.39 is 14.9 Å². The van der Waals surface area contributed by atoms with E-state index in [1.54, 1.807) is 12.0 Å². The molecule has 1 amide bonds. The Morgan fingerprint density at radius 3 is 2.10 bits per heavy atom. The highest BCUT2D eigenvalue weighted by atomic mass is 32.2. The highest BCUT2D eigenvalue weighted by Gasteiger charge is 2.32. The van der Waals surface area contributed by atoms with Gasteiger partial charge in [-0.05, 0) is 67.1 Å². The Hall–Kier alpha value is -4.48. The van der Waals surface area contributed by atoms with E-state index in [-0.39, 0.29) is 42.7 Å². The molecule has 1 aliphatic rings. The number of hydrogen-bond acceptors (Lipinski definition) is 6. The van der Waals surface area contributed by atoms with E-state index in [0.717, 1.165) is 28.4 Å². The second-order valence-electron chi connectivity index (χ2n) is 9.38. The molecule has 0 N–H and O–H groups in total.